The molecule has 0 fully saturated rings. The Balaban J connectivity index is 4.27. The fourth-order valence-electron chi connectivity index (χ4n) is 9.35. The van der Waals surface area contributed by atoms with Crippen LogP contribution in [-0.2, 0) is 28.6 Å². The lowest BCUT2D eigenvalue weighted by atomic mass is 10.0. The Morgan fingerprint density at radius 2 is 0.520 bits per heavy atom. The molecule has 434 valence electrons. The molecule has 1 unspecified atom stereocenters. The van der Waals surface area contributed by atoms with E-state index in [0.717, 1.165) is 83.5 Å². The Kier molecular flexibility index (Phi) is 60.7. The van der Waals surface area contributed by atoms with Crippen LogP contribution < -0.4 is 0 Å². The van der Waals surface area contributed by atoms with Crippen LogP contribution in [0.5, 0.6) is 0 Å². The van der Waals surface area contributed by atoms with E-state index >= 15 is 0 Å². The van der Waals surface area contributed by atoms with Gasteiger partial charge in [-0.2, -0.15) is 0 Å². The maximum atomic E-state index is 12.9. The van der Waals surface area contributed by atoms with Crippen LogP contribution in [0.4, 0.5) is 0 Å². The van der Waals surface area contributed by atoms with Crippen molar-refractivity contribution in [1.29, 1.82) is 0 Å². The van der Waals surface area contributed by atoms with Crippen molar-refractivity contribution in [3.8, 4) is 0 Å². The van der Waals surface area contributed by atoms with Gasteiger partial charge in [0, 0.05) is 19.3 Å². The van der Waals surface area contributed by atoms with Gasteiger partial charge in [0.1, 0.15) is 13.2 Å². The zero-order valence-electron chi connectivity index (χ0n) is 49.8. The van der Waals surface area contributed by atoms with E-state index in [1.54, 1.807) is 0 Å². The average molecular weight is 1050 g/mol. The summed E-state index contributed by atoms with van der Waals surface area (Å²) in [6, 6.07) is 0. The first kappa shape index (κ1) is 71.8. The number of carbonyl (C=O) groups is 3. The highest BCUT2D eigenvalue weighted by molar-refractivity contribution is 5.71. The number of unbranched alkanes of at least 4 members (excludes halogenated alkanes) is 36. The fourth-order valence-corrected chi connectivity index (χ4v) is 9.35. The second-order valence-corrected chi connectivity index (χ2v) is 21.6. The van der Waals surface area contributed by atoms with Crippen molar-refractivity contribution in [3.63, 3.8) is 0 Å². The first-order valence-corrected chi connectivity index (χ1v) is 32.4. The van der Waals surface area contributed by atoms with E-state index in [0.29, 0.717) is 19.3 Å². The van der Waals surface area contributed by atoms with Crippen molar-refractivity contribution >= 4 is 17.9 Å². The van der Waals surface area contributed by atoms with Crippen molar-refractivity contribution in [1.82, 2.24) is 0 Å². The summed E-state index contributed by atoms with van der Waals surface area (Å²) in [5.41, 5.74) is 0. The van der Waals surface area contributed by atoms with Crippen LogP contribution >= 0.6 is 0 Å². The van der Waals surface area contributed by atoms with Crippen molar-refractivity contribution in [3.05, 3.63) is 72.9 Å². The second kappa shape index (κ2) is 63.4. The van der Waals surface area contributed by atoms with Crippen LogP contribution in [0.25, 0.3) is 0 Å². The predicted octanol–water partition coefficient (Wildman–Crippen LogP) is 22.1. The molecule has 0 amide bonds. The molecule has 1 atom stereocenters. The Morgan fingerprint density at radius 1 is 0.280 bits per heavy atom. The van der Waals surface area contributed by atoms with E-state index in [2.05, 4.69) is 93.7 Å². The van der Waals surface area contributed by atoms with Gasteiger partial charge in [-0.25, -0.2) is 0 Å². The van der Waals surface area contributed by atoms with E-state index in [-0.39, 0.29) is 37.5 Å². The number of allylic oxidation sites excluding steroid dienone is 12. The van der Waals surface area contributed by atoms with E-state index in [1.165, 1.54) is 199 Å². The Labute approximate surface area is 465 Å². The van der Waals surface area contributed by atoms with Crippen molar-refractivity contribution < 1.29 is 28.6 Å². The molecule has 6 heteroatoms. The van der Waals surface area contributed by atoms with Gasteiger partial charge in [0.15, 0.2) is 6.10 Å². The summed E-state index contributed by atoms with van der Waals surface area (Å²) in [5.74, 6) is -0.914. The summed E-state index contributed by atoms with van der Waals surface area (Å²) in [4.78, 5) is 38.3. The monoisotopic (exact) mass is 1050 g/mol. The molecular weight excluding hydrogens is 925 g/mol. The maximum absolute atomic E-state index is 12.9. The third-order valence-corrected chi connectivity index (χ3v) is 14.2. The summed E-state index contributed by atoms with van der Waals surface area (Å²) in [6.07, 6.45) is 82.1. The molecule has 0 rings (SSSR count). The number of hydrogen-bond donors (Lipinski definition) is 0. The topological polar surface area (TPSA) is 78.9 Å². The first-order chi connectivity index (χ1) is 37.0. The molecule has 0 aliphatic carbocycles. The summed E-state index contributed by atoms with van der Waals surface area (Å²) < 4.78 is 16.9. The minimum atomic E-state index is -0.796. The van der Waals surface area contributed by atoms with Crippen molar-refractivity contribution in [2.75, 3.05) is 13.2 Å². The minimum Gasteiger partial charge on any atom is -0.462 e. The fraction of sp³-hybridized carbons (Fsp3) is 0.783. The van der Waals surface area contributed by atoms with Gasteiger partial charge in [-0.3, -0.25) is 14.4 Å². The lowest BCUT2D eigenvalue weighted by Crippen LogP contribution is -2.30. The van der Waals surface area contributed by atoms with E-state index < -0.39 is 6.10 Å². The standard InChI is InChI=1S/C69H122O6/c1-4-7-10-13-16-19-22-25-28-29-30-31-32-33-34-35-36-37-38-39-42-44-47-50-53-56-59-62-68(71)74-65-66(75-69(72)63-60-57-54-51-48-45-41-27-24-21-18-15-12-9-6-3)64-73-67(70)61-58-55-52-49-46-43-40-26-23-20-17-14-11-8-5-2/h9,12,18,21-22,25,27,29-30,41,48,51,66H,4-8,10-11,13-17,19-20,23-24,26,28,31-40,42-47,49-50,52-65H2,1-3H3/b12-9-,21-18-,25-22-,30-29-,41-27-,51-48-. The Hall–Kier alpha value is -3.15. The molecule has 0 saturated carbocycles. The quantitative estimate of drug-likeness (QED) is 0.0261. The predicted molar refractivity (Wildman–Crippen MR) is 325 cm³/mol. The lowest BCUT2D eigenvalue weighted by molar-refractivity contribution is -0.167. The highest BCUT2D eigenvalue weighted by Gasteiger charge is 2.19. The number of ether oxygens (including phenoxy) is 3. The smallest absolute Gasteiger partial charge is 0.306 e. The molecule has 0 aromatic heterocycles. The normalized spacial score (nSPS) is 12.5. The highest BCUT2D eigenvalue weighted by atomic mass is 16.6. The van der Waals surface area contributed by atoms with Crippen molar-refractivity contribution in [2.24, 2.45) is 0 Å². The van der Waals surface area contributed by atoms with Crippen LogP contribution in [0.3, 0.4) is 0 Å². The van der Waals surface area contributed by atoms with Crippen molar-refractivity contribution in [2.45, 2.75) is 335 Å². The molecule has 0 saturated heterocycles. The summed E-state index contributed by atoms with van der Waals surface area (Å²) in [7, 11) is 0. The van der Waals surface area contributed by atoms with Crippen LogP contribution in [0.2, 0.25) is 0 Å². The molecule has 0 spiro atoms. The number of carbonyl (C=O) groups excluding carboxylic acids is 3. The third kappa shape index (κ3) is 61.6. The van der Waals surface area contributed by atoms with Gasteiger partial charge < -0.3 is 14.2 Å². The molecule has 0 aromatic carbocycles. The van der Waals surface area contributed by atoms with Crippen LogP contribution in [0.15, 0.2) is 72.9 Å². The zero-order chi connectivity index (χ0) is 54.3. The van der Waals surface area contributed by atoms with E-state index in [1.807, 2.05) is 0 Å². The van der Waals surface area contributed by atoms with E-state index in [4.69, 9.17) is 14.2 Å². The summed E-state index contributed by atoms with van der Waals surface area (Å²) in [5, 5.41) is 0. The summed E-state index contributed by atoms with van der Waals surface area (Å²) >= 11 is 0. The highest BCUT2D eigenvalue weighted by Crippen LogP contribution is 2.17. The molecular formula is C69H122O6. The van der Waals surface area contributed by atoms with Crippen LogP contribution in [-0.4, -0.2) is 37.2 Å². The molecule has 0 heterocycles. The van der Waals surface area contributed by atoms with Gasteiger partial charge in [0.25, 0.3) is 0 Å². The van der Waals surface area contributed by atoms with Gasteiger partial charge >= 0.3 is 17.9 Å². The third-order valence-electron chi connectivity index (χ3n) is 14.2. The van der Waals surface area contributed by atoms with Gasteiger partial charge in [0.2, 0.25) is 0 Å². The molecule has 0 radical (unpaired) electrons. The Morgan fingerprint density at radius 3 is 0.840 bits per heavy atom. The number of esters is 3. The molecule has 0 bridgehead atoms. The van der Waals surface area contributed by atoms with Gasteiger partial charge in [-0.1, -0.05) is 293 Å². The number of hydrogen-bond acceptors (Lipinski definition) is 6. The lowest BCUT2D eigenvalue weighted by Gasteiger charge is -2.18. The van der Waals surface area contributed by atoms with Gasteiger partial charge in [-0.15, -0.1) is 0 Å². The molecule has 0 aliphatic heterocycles. The molecule has 0 aromatic rings. The Bertz CT molecular complexity index is 1390. The average Bonchev–Trinajstić information content (AvgIpc) is 3.41. The first-order valence-electron chi connectivity index (χ1n) is 32.4. The SMILES string of the molecule is CC/C=C\C/C=C\C/C=C\C/C=C\CCCCC(=O)OC(COC(=O)CCCCCCCCCCCCCCCCC)COC(=O)CCCCCCCCCCCCCCCCC/C=C\C/C=C\CCCCCCC. The van der Waals surface area contributed by atoms with Crippen LogP contribution in [0.1, 0.15) is 329 Å². The molecule has 0 N–H and O–H groups in total. The van der Waals surface area contributed by atoms with E-state index in [9.17, 15) is 14.4 Å². The summed E-state index contributed by atoms with van der Waals surface area (Å²) in [6.45, 7) is 6.52. The zero-order valence-corrected chi connectivity index (χ0v) is 49.8. The maximum Gasteiger partial charge on any atom is 0.306 e. The molecule has 6 nitrogen and oxygen atoms in total. The number of rotatable bonds is 59. The molecule has 75 heavy (non-hydrogen) atoms. The largest absolute Gasteiger partial charge is 0.462 e. The van der Waals surface area contributed by atoms with Gasteiger partial charge in [0.05, 0.1) is 0 Å². The second-order valence-electron chi connectivity index (χ2n) is 21.6. The molecule has 0 aliphatic rings. The minimum absolute atomic E-state index is 0.0884. The van der Waals surface area contributed by atoms with Gasteiger partial charge in [-0.05, 0) is 89.9 Å². The van der Waals surface area contributed by atoms with Crippen LogP contribution in [0, 0.1) is 0 Å².